The second-order valence-corrected chi connectivity index (χ2v) is 5.32. The van der Waals surface area contributed by atoms with E-state index in [0.29, 0.717) is 17.1 Å². The Hall–Kier alpha value is -3.02. The number of methoxy groups -OCH3 is 1. The number of benzene rings is 2. The minimum absolute atomic E-state index is 0.241. The Bertz CT molecular complexity index is 902. The molecule has 0 amide bonds. The molecule has 0 radical (unpaired) electrons. The molecule has 3 rings (SSSR count). The molecule has 0 aliphatic carbocycles. The number of ether oxygens (including phenoxy) is 1. The molecule has 0 bridgehead atoms. The van der Waals surface area contributed by atoms with E-state index in [1.807, 2.05) is 31.2 Å². The average molecular weight is 327 g/mol. The maximum atomic E-state index is 13.3. The summed E-state index contributed by atoms with van der Waals surface area (Å²) in [5.41, 5.74) is 8.15. The van der Waals surface area contributed by atoms with Crippen molar-refractivity contribution in [2.45, 2.75) is 13.5 Å². The van der Waals surface area contributed by atoms with Crippen LogP contribution in [0, 0.1) is 12.7 Å². The maximum absolute atomic E-state index is 13.3. The van der Waals surface area contributed by atoms with Gasteiger partial charge < -0.3 is 20.2 Å². The zero-order valence-corrected chi connectivity index (χ0v) is 13.5. The standard InChI is InChI=1S/C18H18FN3O2/c1-11-13-9-12(19)7-8-15(13)24-17(11)10-21-18(20)22-14-5-3-4-6-16(14)23-2/h3-9H,10H2,1-2H3,(H3,20,21,22). The number of furan rings is 1. The number of nitrogens with zero attached hydrogens (tertiary/aromatic N) is 1. The molecule has 2 aromatic carbocycles. The van der Waals surface area contributed by atoms with Gasteiger partial charge in [-0.25, -0.2) is 9.38 Å². The van der Waals surface area contributed by atoms with E-state index in [2.05, 4.69) is 10.3 Å². The Labute approximate surface area is 138 Å². The molecule has 1 aromatic heterocycles. The Morgan fingerprint density at radius 1 is 1.29 bits per heavy atom. The van der Waals surface area contributed by atoms with Crippen LogP contribution in [0.1, 0.15) is 11.3 Å². The largest absolute Gasteiger partial charge is 0.495 e. The van der Waals surface area contributed by atoms with E-state index in [1.54, 1.807) is 13.2 Å². The summed E-state index contributed by atoms with van der Waals surface area (Å²) in [6.45, 7) is 2.14. The van der Waals surface area contributed by atoms with Gasteiger partial charge in [-0.1, -0.05) is 12.1 Å². The van der Waals surface area contributed by atoms with E-state index in [0.717, 1.165) is 16.6 Å². The van der Waals surface area contributed by atoms with Gasteiger partial charge in [0.1, 0.15) is 29.5 Å². The lowest BCUT2D eigenvalue weighted by Crippen LogP contribution is -2.22. The smallest absolute Gasteiger partial charge is 0.193 e. The molecule has 0 saturated carbocycles. The molecular formula is C18H18FN3O2. The monoisotopic (exact) mass is 327 g/mol. The van der Waals surface area contributed by atoms with Crippen LogP contribution in [0.25, 0.3) is 11.0 Å². The third-order valence-corrected chi connectivity index (χ3v) is 3.76. The van der Waals surface area contributed by atoms with Gasteiger partial charge in [0.15, 0.2) is 5.96 Å². The number of rotatable bonds is 4. The molecule has 6 heteroatoms. The number of hydrogen-bond donors (Lipinski definition) is 2. The van der Waals surface area contributed by atoms with E-state index >= 15 is 0 Å². The molecule has 1 heterocycles. The van der Waals surface area contributed by atoms with E-state index in [9.17, 15) is 4.39 Å². The van der Waals surface area contributed by atoms with E-state index in [1.165, 1.54) is 12.1 Å². The fourth-order valence-corrected chi connectivity index (χ4v) is 2.48. The molecule has 0 saturated heterocycles. The van der Waals surface area contributed by atoms with Crippen LogP contribution in [0.2, 0.25) is 0 Å². The lowest BCUT2D eigenvalue weighted by atomic mass is 10.1. The molecule has 3 N–H and O–H groups in total. The fraction of sp³-hybridized carbons (Fsp3) is 0.167. The predicted octanol–water partition coefficient (Wildman–Crippen LogP) is 3.82. The van der Waals surface area contributed by atoms with Crippen molar-refractivity contribution >= 4 is 22.6 Å². The Morgan fingerprint density at radius 3 is 2.88 bits per heavy atom. The minimum Gasteiger partial charge on any atom is -0.495 e. The number of aliphatic imine (C=N–C) groups is 1. The Balaban J connectivity index is 1.79. The number of para-hydroxylation sites is 2. The second kappa shape index (κ2) is 6.62. The van der Waals surface area contributed by atoms with Gasteiger partial charge in [0, 0.05) is 10.9 Å². The van der Waals surface area contributed by atoms with Gasteiger partial charge in [0.25, 0.3) is 0 Å². The molecule has 0 aliphatic heterocycles. The summed E-state index contributed by atoms with van der Waals surface area (Å²) in [4.78, 5) is 4.28. The van der Waals surface area contributed by atoms with Crippen LogP contribution >= 0.6 is 0 Å². The summed E-state index contributed by atoms with van der Waals surface area (Å²) < 4.78 is 24.3. The molecule has 0 spiro atoms. The quantitative estimate of drug-likeness (QED) is 0.564. The maximum Gasteiger partial charge on any atom is 0.193 e. The van der Waals surface area contributed by atoms with Crippen LogP contribution in [-0.4, -0.2) is 13.1 Å². The van der Waals surface area contributed by atoms with Crippen molar-refractivity contribution in [2.75, 3.05) is 12.4 Å². The van der Waals surface area contributed by atoms with Crippen LogP contribution < -0.4 is 15.8 Å². The summed E-state index contributed by atoms with van der Waals surface area (Å²) in [5.74, 6) is 1.27. The van der Waals surface area contributed by atoms with Crippen LogP contribution in [0.4, 0.5) is 10.1 Å². The first-order valence-electron chi connectivity index (χ1n) is 7.46. The fourth-order valence-electron chi connectivity index (χ4n) is 2.48. The number of anilines is 1. The highest BCUT2D eigenvalue weighted by atomic mass is 19.1. The number of aryl methyl sites for hydroxylation is 1. The van der Waals surface area contributed by atoms with Crippen molar-refractivity contribution < 1.29 is 13.5 Å². The number of nitrogens with one attached hydrogen (secondary N) is 1. The zero-order chi connectivity index (χ0) is 17.1. The normalized spacial score (nSPS) is 11.7. The molecule has 0 fully saturated rings. The van der Waals surface area contributed by atoms with Crippen molar-refractivity contribution in [1.82, 2.24) is 0 Å². The molecular weight excluding hydrogens is 309 g/mol. The predicted molar refractivity (Wildman–Crippen MR) is 92.9 cm³/mol. The van der Waals surface area contributed by atoms with Crippen LogP contribution in [-0.2, 0) is 6.54 Å². The molecule has 3 aromatic rings. The van der Waals surface area contributed by atoms with Crippen LogP contribution in [0.5, 0.6) is 5.75 Å². The van der Waals surface area contributed by atoms with E-state index in [-0.39, 0.29) is 18.3 Å². The van der Waals surface area contributed by atoms with Gasteiger partial charge in [-0.05, 0) is 37.3 Å². The number of halogens is 1. The number of nitrogens with two attached hydrogens (primary N) is 1. The summed E-state index contributed by atoms with van der Waals surface area (Å²) in [6, 6.07) is 11.9. The SMILES string of the molecule is COc1ccccc1NC(N)=NCc1oc2ccc(F)cc2c1C. The number of fused-ring (bicyclic) bond motifs is 1. The number of guanidine groups is 1. The lowest BCUT2D eigenvalue weighted by Gasteiger charge is -2.09. The molecule has 0 unspecified atom stereocenters. The molecule has 0 atom stereocenters. The van der Waals surface area contributed by atoms with Crippen molar-refractivity contribution in [3.63, 3.8) is 0 Å². The highest BCUT2D eigenvalue weighted by Gasteiger charge is 2.11. The average Bonchev–Trinajstić information content (AvgIpc) is 2.89. The third kappa shape index (κ3) is 3.17. The van der Waals surface area contributed by atoms with Crippen molar-refractivity contribution in [3.8, 4) is 5.75 Å². The van der Waals surface area contributed by atoms with Crippen LogP contribution in [0.15, 0.2) is 51.9 Å². The summed E-state index contributed by atoms with van der Waals surface area (Å²) >= 11 is 0. The van der Waals surface area contributed by atoms with Gasteiger partial charge in [-0.3, -0.25) is 0 Å². The third-order valence-electron chi connectivity index (χ3n) is 3.76. The van der Waals surface area contributed by atoms with Crippen molar-refractivity contribution in [1.29, 1.82) is 0 Å². The second-order valence-electron chi connectivity index (χ2n) is 5.32. The first-order valence-corrected chi connectivity index (χ1v) is 7.46. The van der Waals surface area contributed by atoms with Gasteiger partial charge in [-0.2, -0.15) is 0 Å². The van der Waals surface area contributed by atoms with E-state index < -0.39 is 0 Å². The summed E-state index contributed by atoms with van der Waals surface area (Å²) in [7, 11) is 1.59. The van der Waals surface area contributed by atoms with Crippen molar-refractivity contribution in [2.24, 2.45) is 10.7 Å². The molecule has 24 heavy (non-hydrogen) atoms. The molecule has 5 nitrogen and oxygen atoms in total. The van der Waals surface area contributed by atoms with Gasteiger partial charge in [0.2, 0.25) is 0 Å². The first kappa shape index (κ1) is 15.9. The van der Waals surface area contributed by atoms with E-state index in [4.69, 9.17) is 14.9 Å². The molecule has 124 valence electrons. The Kier molecular flexibility index (Phi) is 4.37. The lowest BCUT2D eigenvalue weighted by molar-refractivity contribution is 0.417. The highest BCUT2D eigenvalue weighted by molar-refractivity contribution is 5.93. The summed E-state index contributed by atoms with van der Waals surface area (Å²) in [6.07, 6.45) is 0. The first-order chi connectivity index (χ1) is 11.6. The van der Waals surface area contributed by atoms with Crippen molar-refractivity contribution in [3.05, 3.63) is 59.6 Å². The highest BCUT2D eigenvalue weighted by Crippen LogP contribution is 2.27. The number of hydrogen-bond acceptors (Lipinski definition) is 3. The topological polar surface area (TPSA) is 72.8 Å². The summed E-state index contributed by atoms with van der Waals surface area (Å²) in [5, 5.41) is 3.74. The minimum atomic E-state index is -0.293. The van der Waals surface area contributed by atoms with Crippen LogP contribution in [0.3, 0.4) is 0 Å². The van der Waals surface area contributed by atoms with Gasteiger partial charge in [-0.15, -0.1) is 0 Å². The zero-order valence-electron chi connectivity index (χ0n) is 13.5. The van der Waals surface area contributed by atoms with Gasteiger partial charge >= 0.3 is 0 Å². The van der Waals surface area contributed by atoms with Gasteiger partial charge in [0.05, 0.1) is 12.8 Å². The molecule has 0 aliphatic rings. The Morgan fingerprint density at radius 2 is 2.08 bits per heavy atom.